The van der Waals surface area contributed by atoms with Crippen molar-refractivity contribution in [3.05, 3.63) is 24.3 Å². The van der Waals surface area contributed by atoms with Crippen LogP contribution in [-0.4, -0.2) is 24.6 Å². The lowest BCUT2D eigenvalue weighted by molar-refractivity contribution is -0.118. The van der Waals surface area contributed by atoms with Gasteiger partial charge in [0.2, 0.25) is 0 Å². The zero-order valence-corrected chi connectivity index (χ0v) is 13.6. The minimum absolute atomic E-state index is 0.160. The molecule has 1 N–H and O–H groups in total. The van der Waals surface area contributed by atoms with Crippen LogP contribution < -0.4 is 15.0 Å². The van der Waals surface area contributed by atoms with Gasteiger partial charge in [-0.05, 0) is 31.4 Å². The molecule has 1 saturated heterocycles. The minimum atomic E-state index is -0.403. The summed E-state index contributed by atoms with van der Waals surface area (Å²) in [7, 11) is 0. The van der Waals surface area contributed by atoms with Crippen molar-refractivity contribution < 1.29 is 14.3 Å². The predicted molar refractivity (Wildman–Crippen MR) is 88.6 cm³/mol. The molecule has 124 valence electrons. The standard InChI is InChI=1S/C18H24N2O3/c1-2-23-16-11-7-6-10-15(16)20-17(21)14(19-18(20)22)12-13-8-4-3-5-9-13/h6-7,10-11,13-14H,2-5,8-9,12H2,1H3,(H,19,22)/t14-/m1/s1. The highest BCUT2D eigenvalue weighted by Crippen LogP contribution is 2.33. The summed E-state index contributed by atoms with van der Waals surface area (Å²) in [4.78, 5) is 26.3. The molecule has 1 aromatic carbocycles. The SMILES string of the molecule is CCOc1ccccc1N1C(=O)N[C@H](CC2CCCCC2)C1=O. The Labute approximate surface area is 137 Å². The summed E-state index contributed by atoms with van der Waals surface area (Å²) in [6.45, 7) is 2.38. The van der Waals surface area contributed by atoms with Crippen molar-refractivity contribution in [3.63, 3.8) is 0 Å². The van der Waals surface area contributed by atoms with Crippen molar-refractivity contribution in [2.24, 2.45) is 5.92 Å². The molecule has 5 heteroatoms. The van der Waals surface area contributed by atoms with Crippen molar-refractivity contribution in [3.8, 4) is 5.75 Å². The molecule has 1 atom stereocenters. The van der Waals surface area contributed by atoms with Crippen molar-refractivity contribution in [2.45, 2.75) is 51.5 Å². The van der Waals surface area contributed by atoms with E-state index in [0.29, 0.717) is 24.0 Å². The number of urea groups is 1. The molecule has 5 nitrogen and oxygen atoms in total. The van der Waals surface area contributed by atoms with Gasteiger partial charge >= 0.3 is 6.03 Å². The molecular formula is C18H24N2O3. The van der Waals surface area contributed by atoms with Gasteiger partial charge in [-0.2, -0.15) is 0 Å². The van der Waals surface area contributed by atoms with Crippen LogP contribution in [0, 0.1) is 5.92 Å². The van der Waals surface area contributed by atoms with Gasteiger partial charge in [0.25, 0.3) is 5.91 Å². The number of imide groups is 1. The van der Waals surface area contributed by atoms with Gasteiger partial charge in [-0.3, -0.25) is 4.79 Å². The van der Waals surface area contributed by atoms with Crippen molar-refractivity contribution in [2.75, 3.05) is 11.5 Å². The monoisotopic (exact) mass is 316 g/mol. The average Bonchev–Trinajstić information content (AvgIpc) is 2.83. The van der Waals surface area contributed by atoms with Crippen molar-refractivity contribution >= 4 is 17.6 Å². The van der Waals surface area contributed by atoms with Crippen LogP contribution in [0.2, 0.25) is 0 Å². The van der Waals surface area contributed by atoms with Crippen LogP contribution >= 0.6 is 0 Å². The van der Waals surface area contributed by atoms with E-state index in [9.17, 15) is 9.59 Å². The number of carbonyl (C=O) groups is 2. The minimum Gasteiger partial charge on any atom is -0.492 e. The third kappa shape index (κ3) is 3.33. The second-order valence-electron chi connectivity index (χ2n) is 6.32. The number of ether oxygens (including phenoxy) is 1. The number of hydrogen-bond donors (Lipinski definition) is 1. The van der Waals surface area contributed by atoms with E-state index in [0.717, 1.165) is 19.3 Å². The Bertz CT molecular complexity index is 581. The Morgan fingerprint density at radius 2 is 1.91 bits per heavy atom. The summed E-state index contributed by atoms with van der Waals surface area (Å²) in [5.74, 6) is 0.949. The molecule has 2 aliphatic rings. The highest BCUT2D eigenvalue weighted by atomic mass is 16.5. The molecule has 0 unspecified atom stereocenters. The molecule has 3 rings (SSSR count). The fourth-order valence-electron chi connectivity index (χ4n) is 3.59. The molecule has 0 spiro atoms. The first kappa shape index (κ1) is 15.8. The van der Waals surface area contributed by atoms with E-state index < -0.39 is 6.04 Å². The maximum Gasteiger partial charge on any atom is 0.329 e. The van der Waals surface area contributed by atoms with Gasteiger partial charge in [-0.15, -0.1) is 0 Å². The number of rotatable bonds is 5. The van der Waals surface area contributed by atoms with E-state index in [4.69, 9.17) is 4.74 Å². The van der Waals surface area contributed by atoms with E-state index >= 15 is 0 Å². The lowest BCUT2D eigenvalue weighted by atomic mass is 9.85. The molecule has 1 saturated carbocycles. The number of nitrogens with zero attached hydrogens (tertiary/aromatic N) is 1. The van der Waals surface area contributed by atoms with Gasteiger partial charge in [-0.1, -0.05) is 44.2 Å². The van der Waals surface area contributed by atoms with Crippen LogP contribution in [0.5, 0.6) is 5.75 Å². The Morgan fingerprint density at radius 1 is 1.17 bits per heavy atom. The number of benzene rings is 1. The highest BCUT2D eigenvalue weighted by Gasteiger charge is 2.41. The first-order valence-corrected chi connectivity index (χ1v) is 8.57. The molecule has 0 radical (unpaired) electrons. The normalized spacial score (nSPS) is 22.3. The smallest absolute Gasteiger partial charge is 0.329 e. The molecule has 1 aromatic rings. The van der Waals surface area contributed by atoms with Gasteiger partial charge in [0.15, 0.2) is 0 Å². The van der Waals surface area contributed by atoms with Crippen LogP contribution in [0.1, 0.15) is 45.4 Å². The molecule has 2 fully saturated rings. The first-order chi connectivity index (χ1) is 11.2. The quantitative estimate of drug-likeness (QED) is 0.846. The van der Waals surface area contributed by atoms with Crippen molar-refractivity contribution in [1.29, 1.82) is 0 Å². The van der Waals surface area contributed by atoms with Gasteiger partial charge < -0.3 is 10.1 Å². The number of carbonyl (C=O) groups excluding carboxylic acids is 2. The molecule has 0 aromatic heterocycles. The molecule has 0 bridgehead atoms. The van der Waals surface area contributed by atoms with Crippen LogP contribution in [0.15, 0.2) is 24.3 Å². The number of para-hydroxylation sites is 2. The first-order valence-electron chi connectivity index (χ1n) is 8.57. The number of amides is 3. The second-order valence-corrected chi connectivity index (χ2v) is 6.32. The third-order valence-corrected chi connectivity index (χ3v) is 4.72. The largest absolute Gasteiger partial charge is 0.492 e. The lowest BCUT2D eigenvalue weighted by Gasteiger charge is -2.23. The average molecular weight is 316 g/mol. The summed E-state index contributed by atoms with van der Waals surface area (Å²) >= 11 is 0. The Kier molecular flexibility index (Phi) is 4.84. The molecule has 1 heterocycles. The number of anilines is 1. The molecule has 1 aliphatic carbocycles. The maximum absolute atomic E-state index is 12.7. The second kappa shape index (κ2) is 7.02. The van der Waals surface area contributed by atoms with Gasteiger partial charge in [-0.25, -0.2) is 9.69 Å². The topological polar surface area (TPSA) is 58.6 Å². The van der Waals surface area contributed by atoms with Crippen LogP contribution in [-0.2, 0) is 4.79 Å². The van der Waals surface area contributed by atoms with Gasteiger partial charge in [0.1, 0.15) is 11.8 Å². The zero-order valence-electron chi connectivity index (χ0n) is 13.6. The summed E-state index contributed by atoms with van der Waals surface area (Å²) in [6, 6.07) is 6.45. The zero-order chi connectivity index (χ0) is 16.2. The van der Waals surface area contributed by atoms with Gasteiger partial charge in [0, 0.05) is 0 Å². The summed E-state index contributed by atoms with van der Waals surface area (Å²) in [6.07, 6.45) is 6.82. The summed E-state index contributed by atoms with van der Waals surface area (Å²) in [5, 5.41) is 2.85. The Morgan fingerprint density at radius 3 is 2.65 bits per heavy atom. The van der Waals surface area contributed by atoms with Crippen LogP contribution in [0.25, 0.3) is 0 Å². The molecular weight excluding hydrogens is 292 g/mol. The fourth-order valence-corrected chi connectivity index (χ4v) is 3.59. The van der Waals surface area contributed by atoms with E-state index in [1.54, 1.807) is 12.1 Å². The summed E-state index contributed by atoms with van der Waals surface area (Å²) in [5.41, 5.74) is 0.531. The number of nitrogens with one attached hydrogen (secondary N) is 1. The Balaban J connectivity index is 1.76. The van der Waals surface area contributed by atoms with Crippen LogP contribution in [0.3, 0.4) is 0 Å². The molecule has 23 heavy (non-hydrogen) atoms. The molecule has 3 amide bonds. The lowest BCUT2D eigenvalue weighted by Crippen LogP contribution is -2.33. The van der Waals surface area contributed by atoms with E-state index in [1.165, 1.54) is 24.2 Å². The van der Waals surface area contributed by atoms with E-state index in [1.807, 2.05) is 19.1 Å². The van der Waals surface area contributed by atoms with Crippen molar-refractivity contribution in [1.82, 2.24) is 5.32 Å². The predicted octanol–water partition coefficient (Wildman–Crippen LogP) is 3.48. The third-order valence-electron chi connectivity index (χ3n) is 4.72. The molecule has 1 aliphatic heterocycles. The van der Waals surface area contributed by atoms with Crippen LogP contribution in [0.4, 0.5) is 10.5 Å². The van der Waals surface area contributed by atoms with E-state index in [-0.39, 0.29) is 11.9 Å². The number of hydrogen-bond acceptors (Lipinski definition) is 3. The fraction of sp³-hybridized carbons (Fsp3) is 0.556. The van der Waals surface area contributed by atoms with E-state index in [2.05, 4.69) is 5.32 Å². The van der Waals surface area contributed by atoms with Gasteiger partial charge in [0.05, 0.1) is 12.3 Å². The maximum atomic E-state index is 12.7. The summed E-state index contributed by atoms with van der Waals surface area (Å²) < 4.78 is 5.56. The highest BCUT2D eigenvalue weighted by molar-refractivity contribution is 6.22. The Hall–Kier alpha value is -2.04.